The summed E-state index contributed by atoms with van der Waals surface area (Å²) in [5, 5.41) is 2.03. The van der Waals surface area contributed by atoms with Gasteiger partial charge in [-0.1, -0.05) is 6.07 Å². The van der Waals surface area contributed by atoms with Crippen LogP contribution < -0.4 is 4.74 Å². The fourth-order valence-electron chi connectivity index (χ4n) is 1.12. The van der Waals surface area contributed by atoms with Gasteiger partial charge in [0.2, 0.25) is 5.88 Å². The van der Waals surface area contributed by atoms with Crippen LogP contribution in [-0.4, -0.2) is 9.97 Å². The Balaban J connectivity index is 2.05. The standard InChI is InChI=1S/C10H9BrN2OS/c1-7-12-9(11)5-10(13-7)14-6-8-3-2-4-15-8/h2-5H,6H2,1H3. The lowest BCUT2D eigenvalue weighted by Crippen LogP contribution is -1.98. The number of hydrogen-bond acceptors (Lipinski definition) is 4. The summed E-state index contributed by atoms with van der Waals surface area (Å²) in [5.41, 5.74) is 0. The summed E-state index contributed by atoms with van der Waals surface area (Å²) in [6.07, 6.45) is 0. The van der Waals surface area contributed by atoms with Gasteiger partial charge in [-0.05, 0) is 34.3 Å². The van der Waals surface area contributed by atoms with Crippen molar-refractivity contribution in [1.82, 2.24) is 9.97 Å². The summed E-state index contributed by atoms with van der Waals surface area (Å²) in [6.45, 7) is 2.39. The van der Waals surface area contributed by atoms with E-state index in [1.807, 2.05) is 24.4 Å². The number of aromatic nitrogens is 2. The lowest BCUT2D eigenvalue weighted by atomic mass is 10.5. The molecule has 0 bridgehead atoms. The van der Waals surface area contributed by atoms with Gasteiger partial charge in [-0.15, -0.1) is 11.3 Å². The van der Waals surface area contributed by atoms with Gasteiger partial charge in [0, 0.05) is 10.9 Å². The number of hydrogen-bond donors (Lipinski definition) is 0. The second-order valence-electron chi connectivity index (χ2n) is 2.94. The maximum atomic E-state index is 5.54. The number of ether oxygens (including phenoxy) is 1. The van der Waals surface area contributed by atoms with Crippen molar-refractivity contribution < 1.29 is 4.74 Å². The molecule has 0 aliphatic heterocycles. The van der Waals surface area contributed by atoms with E-state index in [9.17, 15) is 0 Å². The van der Waals surface area contributed by atoms with E-state index < -0.39 is 0 Å². The topological polar surface area (TPSA) is 35.0 Å². The highest BCUT2D eigenvalue weighted by Gasteiger charge is 2.01. The fourth-order valence-corrected chi connectivity index (χ4v) is 2.19. The molecule has 0 radical (unpaired) electrons. The van der Waals surface area contributed by atoms with Crippen LogP contribution in [0.5, 0.6) is 5.88 Å². The molecule has 3 nitrogen and oxygen atoms in total. The molecule has 2 aromatic rings. The van der Waals surface area contributed by atoms with Crippen molar-refractivity contribution in [3.63, 3.8) is 0 Å². The number of halogens is 1. The Hall–Kier alpha value is -0.940. The first-order valence-corrected chi connectivity index (χ1v) is 6.07. The van der Waals surface area contributed by atoms with Gasteiger partial charge in [0.15, 0.2) is 0 Å². The van der Waals surface area contributed by atoms with Gasteiger partial charge in [-0.25, -0.2) is 4.98 Å². The van der Waals surface area contributed by atoms with Crippen LogP contribution in [0.25, 0.3) is 0 Å². The Morgan fingerprint density at radius 3 is 3.00 bits per heavy atom. The number of rotatable bonds is 3. The Labute approximate surface area is 100 Å². The third-order valence-electron chi connectivity index (χ3n) is 1.73. The molecule has 0 aliphatic rings. The molecule has 0 saturated carbocycles. The lowest BCUT2D eigenvalue weighted by Gasteiger charge is -2.04. The summed E-state index contributed by atoms with van der Waals surface area (Å²) < 4.78 is 6.29. The van der Waals surface area contributed by atoms with Crippen LogP contribution in [0.2, 0.25) is 0 Å². The molecular weight excluding hydrogens is 276 g/mol. The third kappa shape index (κ3) is 3.00. The Kier molecular flexibility index (Phi) is 3.33. The maximum Gasteiger partial charge on any atom is 0.218 e. The lowest BCUT2D eigenvalue weighted by molar-refractivity contribution is 0.295. The van der Waals surface area contributed by atoms with E-state index in [2.05, 4.69) is 25.9 Å². The summed E-state index contributed by atoms with van der Waals surface area (Å²) in [5.74, 6) is 1.30. The molecule has 78 valence electrons. The molecule has 0 aromatic carbocycles. The molecule has 2 heterocycles. The number of thiophene rings is 1. The largest absolute Gasteiger partial charge is 0.472 e. The van der Waals surface area contributed by atoms with E-state index in [1.165, 1.54) is 4.88 Å². The minimum atomic E-state index is 0.556. The second kappa shape index (κ2) is 4.72. The highest BCUT2D eigenvalue weighted by atomic mass is 79.9. The molecule has 0 saturated heterocycles. The molecule has 2 rings (SSSR count). The highest BCUT2D eigenvalue weighted by Crippen LogP contribution is 2.16. The van der Waals surface area contributed by atoms with Crippen LogP contribution in [0.15, 0.2) is 28.2 Å². The van der Waals surface area contributed by atoms with Gasteiger partial charge in [0.25, 0.3) is 0 Å². The van der Waals surface area contributed by atoms with Crippen molar-refractivity contribution in [3.8, 4) is 5.88 Å². The molecule has 0 spiro atoms. The van der Waals surface area contributed by atoms with Crippen molar-refractivity contribution in [2.24, 2.45) is 0 Å². The van der Waals surface area contributed by atoms with E-state index in [-0.39, 0.29) is 0 Å². The first-order valence-electron chi connectivity index (χ1n) is 4.40. The van der Waals surface area contributed by atoms with Crippen LogP contribution in [0.4, 0.5) is 0 Å². The van der Waals surface area contributed by atoms with Gasteiger partial charge in [0.05, 0.1) is 0 Å². The molecule has 5 heteroatoms. The van der Waals surface area contributed by atoms with Crippen LogP contribution in [0.1, 0.15) is 10.7 Å². The molecular formula is C10H9BrN2OS. The molecule has 2 aromatic heterocycles. The smallest absolute Gasteiger partial charge is 0.218 e. The minimum absolute atomic E-state index is 0.556. The van der Waals surface area contributed by atoms with E-state index in [0.29, 0.717) is 18.3 Å². The zero-order valence-electron chi connectivity index (χ0n) is 8.11. The monoisotopic (exact) mass is 284 g/mol. The molecule has 0 aliphatic carbocycles. The summed E-state index contributed by atoms with van der Waals surface area (Å²) >= 11 is 4.97. The van der Waals surface area contributed by atoms with Gasteiger partial charge >= 0.3 is 0 Å². The van der Waals surface area contributed by atoms with Crippen LogP contribution in [-0.2, 0) is 6.61 Å². The normalized spacial score (nSPS) is 10.3. The first kappa shape index (κ1) is 10.6. The first-order chi connectivity index (χ1) is 7.24. The SMILES string of the molecule is Cc1nc(Br)cc(OCc2cccs2)n1. The average Bonchev–Trinajstić information content (AvgIpc) is 2.65. The summed E-state index contributed by atoms with van der Waals surface area (Å²) in [7, 11) is 0. The quantitative estimate of drug-likeness (QED) is 0.812. The molecule has 0 amide bonds. The third-order valence-corrected chi connectivity index (χ3v) is 2.98. The molecule has 0 fully saturated rings. The summed E-state index contributed by atoms with van der Waals surface area (Å²) in [4.78, 5) is 9.46. The van der Waals surface area contributed by atoms with E-state index in [1.54, 1.807) is 17.4 Å². The molecule has 15 heavy (non-hydrogen) atoms. The predicted octanol–water partition coefficient (Wildman–Crippen LogP) is 3.19. The van der Waals surface area contributed by atoms with E-state index >= 15 is 0 Å². The van der Waals surface area contributed by atoms with Crippen LogP contribution >= 0.6 is 27.3 Å². The fraction of sp³-hybridized carbons (Fsp3) is 0.200. The van der Waals surface area contributed by atoms with Gasteiger partial charge in [-0.3, -0.25) is 0 Å². The minimum Gasteiger partial charge on any atom is -0.472 e. The summed E-state index contributed by atoms with van der Waals surface area (Å²) in [6, 6.07) is 5.80. The average molecular weight is 285 g/mol. The highest BCUT2D eigenvalue weighted by molar-refractivity contribution is 9.10. The van der Waals surface area contributed by atoms with Crippen LogP contribution in [0.3, 0.4) is 0 Å². The van der Waals surface area contributed by atoms with Crippen molar-refractivity contribution >= 4 is 27.3 Å². The van der Waals surface area contributed by atoms with Crippen molar-refractivity contribution in [3.05, 3.63) is 38.9 Å². The Morgan fingerprint density at radius 2 is 2.33 bits per heavy atom. The molecule has 0 unspecified atom stereocenters. The van der Waals surface area contributed by atoms with Crippen molar-refractivity contribution in [1.29, 1.82) is 0 Å². The van der Waals surface area contributed by atoms with Gasteiger partial charge < -0.3 is 4.74 Å². The van der Waals surface area contributed by atoms with Crippen LogP contribution in [0, 0.1) is 6.92 Å². The Morgan fingerprint density at radius 1 is 1.47 bits per heavy atom. The zero-order chi connectivity index (χ0) is 10.7. The van der Waals surface area contributed by atoms with Gasteiger partial charge in [-0.2, -0.15) is 4.98 Å². The molecule has 0 atom stereocenters. The van der Waals surface area contributed by atoms with E-state index in [4.69, 9.17) is 4.74 Å². The van der Waals surface area contributed by atoms with Crippen molar-refractivity contribution in [2.75, 3.05) is 0 Å². The Bertz CT molecular complexity index is 424. The number of aryl methyl sites for hydroxylation is 1. The van der Waals surface area contributed by atoms with Gasteiger partial charge in [0.1, 0.15) is 17.0 Å². The second-order valence-corrected chi connectivity index (χ2v) is 4.79. The number of nitrogens with zero attached hydrogens (tertiary/aromatic N) is 2. The molecule has 0 N–H and O–H groups in total. The zero-order valence-corrected chi connectivity index (χ0v) is 10.5. The predicted molar refractivity (Wildman–Crippen MR) is 63.1 cm³/mol. The van der Waals surface area contributed by atoms with Crippen molar-refractivity contribution in [2.45, 2.75) is 13.5 Å². The maximum absolute atomic E-state index is 5.54. The van der Waals surface area contributed by atoms with E-state index in [0.717, 1.165) is 4.60 Å².